The predicted molar refractivity (Wildman–Crippen MR) is 68.1 cm³/mol. The lowest BCUT2D eigenvalue weighted by molar-refractivity contribution is 0.249. The van der Waals surface area contributed by atoms with Gasteiger partial charge in [0.1, 0.15) is 0 Å². The summed E-state index contributed by atoms with van der Waals surface area (Å²) in [6.45, 7) is 6.12. The molecule has 3 unspecified atom stereocenters. The molecule has 1 aliphatic heterocycles. The fourth-order valence-electron chi connectivity index (χ4n) is 2.74. The van der Waals surface area contributed by atoms with Crippen LogP contribution in [-0.2, 0) is 0 Å². The van der Waals surface area contributed by atoms with Crippen LogP contribution < -0.4 is 5.73 Å². The Balaban J connectivity index is 2.03. The van der Waals surface area contributed by atoms with Gasteiger partial charge in [0.15, 0.2) is 11.6 Å². The minimum absolute atomic E-state index is 0.271. The van der Waals surface area contributed by atoms with Crippen LogP contribution in [0.25, 0.3) is 0 Å². The van der Waals surface area contributed by atoms with E-state index in [9.17, 15) is 8.78 Å². The van der Waals surface area contributed by atoms with Crippen LogP contribution in [0.2, 0.25) is 0 Å². The molecule has 1 saturated heterocycles. The molecule has 1 aromatic carbocycles. The van der Waals surface area contributed by atoms with Crippen molar-refractivity contribution in [3.63, 3.8) is 0 Å². The highest BCUT2D eigenvalue weighted by atomic mass is 19.2. The van der Waals surface area contributed by atoms with Crippen LogP contribution in [-0.4, -0.2) is 24.0 Å². The first-order chi connectivity index (χ1) is 8.47. The highest BCUT2D eigenvalue weighted by Crippen LogP contribution is 2.25. The molecule has 1 aliphatic rings. The molecule has 0 saturated carbocycles. The van der Waals surface area contributed by atoms with Gasteiger partial charge >= 0.3 is 0 Å². The molecule has 18 heavy (non-hydrogen) atoms. The summed E-state index contributed by atoms with van der Waals surface area (Å²) >= 11 is 0. The monoisotopic (exact) mass is 254 g/mol. The van der Waals surface area contributed by atoms with Gasteiger partial charge in [-0.15, -0.1) is 0 Å². The minimum Gasteiger partial charge on any atom is -0.323 e. The zero-order valence-electron chi connectivity index (χ0n) is 10.9. The van der Waals surface area contributed by atoms with Crippen molar-refractivity contribution < 1.29 is 8.78 Å². The molecule has 0 bridgehead atoms. The maximum atomic E-state index is 13.1. The molecule has 2 N–H and O–H groups in total. The van der Waals surface area contributed by atoms with E-state index in [1.807, 2.05) is 0 Å². The average molecular weight is 254 g/mol. The van der Waals surface area contributed by atoms with Crippen molar-refractivity contribution >= 4 is 0 Å². The van der Waals surface area contributed by atoms with Crippen LogP contribution in [0.3, 0.4) is 0 Å². The molecule has 0 spiro atoms. The van der Waals surface area contributed by atoms with Gasteiger partial charge in [-0.05, 0) is 37.0 Å². The number of hydrogen-bond acceptors (Lipinski definition) is 2. The van der Waals surface area contributed by atoms with Crippen LogP contribution in [0.4, 0.5) is 8.78 Å². The number of halogens is 2. The quantitative estimate of drug-likeness (QED) is 0.898. The van der Waals surface area contributed by atoms with Crippen molar-refractivity contribution in [3.8, 4) is 0 Å². The number of nitrogens with zero attached hydrogens (tertiary/aromatic N) is 1. The van der Waals surface area contributed by atoms with Gasteiger partial charge in [-0.1, -0.05) is 13.0 Å². The topological polar surface area (TPSA) is 29.3 Å². The fraction of sp³-hybridized carbons (Fsp3) is 0.571. The molecule has 2 nitrogen and oxygen atoms in total. The summed E-state index contributed by atoms with van der Waals surface area (Å²) < 4.78 is 26.0. The second kappa shape index (κ2) is 5.33. The smallest absolute Gasteiger partial charge is 0.159 e. The van der Waals surface area contributed by atoms with Gasteiger partial charge in [0.25, 0.3) is 0 Å². The van der Waals surface area contributed by atoms with Crippen molar-refractivity contribution in [1.82, 2.24) is 4.90 Å². The average Bonchev–Trinajstić information content (AvgIpc) is 2.61. The Labute approximate surface area is 107 Å². The third-order valence-corrected chi connectivity index (χ3v) is 3.72. The Kier molecular flexibility index (Phi) is 3.97. The molecule has 0 amide bonds. The van der Waals surface area contributed by atoms with E-state index < -0.39 is 11.6 Å². The van der Waals surface area contributed by atoms with E-state index in [1.165, 1.54) is 12.5 Å². The van der Waals surface area contributed by atoms with Crippen LogP contribution in [0.5, 0.6) is 0 Å². The number of likely N-dealkylation sites (tertiary alicyclic amines) is 1. The number of rotatable bonds is 3. The molecular weight excluding hydrogens is 234 g/mol. The first-order valence-electron chi connectivity index (χ1n) is 6.42. The summed E-state index contributed by atoms with van der Waals surface area (Å²) in [7, 11) is 0. The van der Waals surface area contributed by atoms with E-state index in [-0.39, 0.29) is 6.04 Å². The van der Waals surface area contributed by atoms with E-state index in [0.717, 1.165) is 12.6 Å². The number of benzene rings is 1. The van der Waals surface area contributed by atoms with Crippen LogP contribution in [0.1, 0.15) is 31.9 Å². The summed E-state index contributed by atoms with van der Waals surface area (Å²) in [6.07, 6.45) is 1.17. The Hall–Kier alpha value is -1.00. The first-order valence-corrected chi connectivity index (χ1v) is 6.42. The SMILES string of the molecule is CC1CC(C)N(CC(N)c2ccc(F)c(F)c2)C1. The van der Waals surface area contributed by atoms with Crippen molar-refractivity contribution in [2.75, 3.05) is 13.1 Å². The molecule has 0 aromatic heterocycles. The highest BCUT2D eigenvalue weighted by Gasteiger charge is 2.27. The van der Waals surface area contributed by atoms with Crippen molar-refractivity contribution in [2.24, 2.45) is 11.7 Å². The molecule has 1 aromatic rings. The van der Waals surface area contributed by atoms with E-state index in [1.54, 1.807) is 6.07 Å². The maximum Gasteiger partial charge on any atom is 0.159 e. The minimum atomic E-state index is -0.828. The summed E-state index contributed by atoms with van der Waals surface area (Å²) in [4.78, 5) is 2.32. The van der Waals surface area contributed by atoms with Gasteiger partial charge in [-0.3, -0.25) is 4.90 Å². The van der Waals surface area contributed by atoms with Gasteiger partial charge in [-0.25, -0.2) is 8.78 Å². The Morgan fingerprint density at radius 1 is 1.33 bits per heavy atom. The first kappa shape index (κ1) is 13.4. The lowest BCUT2D eigenvalue weighted by Crippen LogP contribution is -2.34. The number of hydrogen-bond donors (Lipinski definition) is 1. The second-order valence-electron chi connectivity index (χ2n) is 5.42. The highest BCUT2D eigenvalue weighted by molar-refractivity contribution is 5.21. The largest absolute Gasteiger partial charge is 0.323 e. The predicted octanol–water partition coefficient (Wildman–Crippen LogP) is 2.69. The zero-order valence-corrected chi connectivity index (χ0v) is 10.9. The fourth-order valence-corrected chi connectivity index (χ4v) is 2.74. The van der Waals surface area contributed by atoms with Crippen molar-refractivity contribution in [3.05, 3.63) is 35.4 Å². The van der Waals surface area contributed by atoms with Gasteiger partial charge in [0, 0.05) is 25.2 Å². The van der Waals surface area contributed by atoms with E-state index in [4.69, 9.17) is 5.73 Å². The molecule has 0 aliphatic carbocycles. The summed E-state index contributed by atoms with van der Waals surface area (Å²) in [5, 5.41) is 0. The van der Waals surface area contributed by atoms with Crippen LogP contribution in [0.15, 0.2) is 18.2 Å². The van der Waals surface area contributed by atoms with Gasteiger partial charge in [0.2, 0.25) is 0 Å². The molecule has 2 rings (SSSR count). The molecule has 0 radical (unpaired) electrons. The van der Waals surface area contributed by atoms with Gasteiger partial charge < -0.3 is 5.73 Å². The summed E-state index contributed by atoms with van der Waals surface area (Å²) in [5.41, 5.74) is 6.72. The molecule has 100 valence electrons. The van der Waals surface area contributed by atoms with Crippen molar-refractivity contribution in [1.29, 1.82) is 0 Å². The van der Waals surface area contributed by atoms with Gasteiger partial charge in [-0.2, -0.15) is 0 Å². The molecule has 1 heterocycles. The lowest BCUT2D eigenvalue weighted by Gasteiger charge is -2.25. The third kappa shape index (κ3) is 2.87. The summed E-state index contributed by atoms with van der Waals surface area (Å²) in [5.74, 6) is -0.975. The lowest BCUT2D eigenvalue weighted by atomic mass is 10.1. The van der Waals surface area contributed by atoms with E-state index >= 15 is 0 Å². The van der Waals surface area contributed by atoms with Crippen LogP contribution >= 0.6 is 0 Å². The zero-order chi connectivity index (χ0) is 13.3. The number of nitrogens with two attached hydrogens (primary N) is 1. The Morgan fingerprint density at radius 2 is 2.06 bits per heavy atom. The molecule has 4 heteroatoms. The Bertz CT molecular complexity index is 422. The Morgan fingerprint density at radius 3 is 2.61 bits per heavy atom. The van der Waals surface area contributed by atoms with E-state index in [2.05, 4.69) is 18.7 Å². The standard InChI is InChI=1S/C14H20F2N2/c1-9-5-10(2)18(7-9)8-14(17)11-3-4-12(15)13(16)6-11/h3-4,6,9-10,14H,5,7-8,17H2,1-2H3. The van der Waals surface area contributed by atoms with E-state index in [0.29, 0.717) is 24.1 Å². The molecule has 3 atom stereocenters. The molecule has 1 fully saturated rings. The third-order valence-electron chi connectivity index (χ3n) is 3.72. The maximum absolute atomic E-state index is 13.1. The van der Waals surface area contributed by atoms with Gasteiger partial charge in [0.05, 0.1) is 0 Å². The second-order valence-corrected chi connectivity index (χ2v) is 5.42. The summed E-state index contributed by atoms with van der Waals surface area (Å²) in [6, 6.07) is 4.14. The van der Waals surface area contributed by atoms with Crippen molar-refractivity contribution in [2.45, 2.75) is 32.4 Å². The molecular formula is C14H20F2N2. The normalized spacial score (nSPS) is 26.5. The van der Waals surface area contributed by atoms with Crippen LogP contribution in [0, 0.1) is 17.6 Å².